The standard InChI is InChI=1S/C9H12N2S/c10-8-2-1-7(3-8)4-9-5-11-6-12-9/h4-6,8H,1-3,10H2. The van der Waals surface area contributed by atoms with Crippen molar-refractivity contribution < 1.29 is 0 Å². The van der Waals surface area contributed by atoms with E-state index in [1.54, 1.807) is 11.3 Å². The Hall–Kier alpha value is -0.670. The van der Waals surface area contributed by atoms with E-state index in [1.165, 1.54) is 16.9 Å². The fourth-order valence-corrected chi connectivity index (χ4v) is 2.14. The van der Waals surface area contributed by atoms with Gasteiger partial charge >= 0.3 is 0 Å². The molecule has 0 aromatic carbocycles. The van der Waals surface area contributed by atoms with Crippen LogP contribution in [0, 0.1) is 0 Å². The maximum atomic E-state index is 5.80. The van der Waals surface area contributed by atoms with E-state index in [9.17, 15) is 0 Å². The molecule has 1 saturated carbocycles. The predicted octanol–water partition coefficient (Wildman–Crippen LogP) is 2.04. The third kappa shape index (κ3) is 1.73. The molecule has 2 nitrogen and oxygen atoms in total. The zero-order chi connectivity index (χ0) is 8.39. The Bertz CT molecular complexity index is 277. The van der Waals surface area contributed by atoms with Crippen molar-refractivity contribution in [2.24, 2.45) is 5.73 Å². The molecule has 0 radical (unpaired) electrons. The summed E-state index contributed by atoms with van der Waals surface area (Å²) in [7, 11) is 0. The first-order valence-electron chi connectivity index (χ1n) is 4.18. The molecule has 1 fully saturated rings. The van der Waals surface area contributed by atoms with Gasteiger partial charge in [0.05, 0.1) is 5.51 Å². The molecule has 2 N–H and O–H groups in total. The minimum absolute atomic E-state index is 0.393. The molecule has 0 amide bonds. The van der Waals surface area contributed by atoms with Crippen molar-refractivity contribution >= 4 is 17.4 Å². The van der Waals surface area contributed by atoms with Gasteiger partial charge in [-0.2, -0.15) is 0 Å². The van der Waals surface area contributed by atoms with Gasteiger partial charge in [0.15, 0.2) is 0 Å². The molecule has 0 aliphatic heterocycles. The molecule has 1 aromatic rings. The summed E-state index contributed by atoms with van der Waals surface area (Å²) in [6, 6.07) is 0.393. The van der Waals surface area contributed by atoms with Gasteiger partial charge in [0, 0.05) is 17.1 Å². The summed E-state index contributed by atoms with van der Waals surface area (Å²) < 4.78 is 0. The zero-order valence-corrected chi connectivity index (χ0v) is 7.68. The van der Waals surface area contributed by atoms with Crippen LogP contribution in [-0.4, -0.2) is 11.0 Å². The summed E-state index contributed by atoms with van der Waals surface area (Å²) >= 11 is 1.68. The van der Waals surface area contributed by atoms with E-state index >= 15 is 0 Å². The van der Waals surface area contributed by atoms with E-state index in [0.29, 0.717) is 6.04 Å². The van der Waals surface area contributed by atoms with E-state index in [-0.39, 0.29) is 0 Å². The van der Waals surface area contributed by atoms with Gasteiger partial charge in [0.1, 0.15) is 0 Å². The van der Waals surface area contributed by atoms with Crippen molar-refractivity contribution in [2.45, 2.75) is 25.3 Å². The Morgan fingerprint density at radius 3 is 3.17 bits per heavy atom. The van der Waals surface area contributed by atoms with Gasteiger partial charge in [-0.25, -0.2) is 0 Å². The molecule has 0 bridgehead atoms. The lowest BCUT2D eigenvalue weighted by atomic mass is 10.2. The molecule has 64 valence electrons. The van der Waals surface area contributed by atoms with Crippen molar-refractivity contribution in [1.29, 1.82) is 0 Å². The summed E-state index contributed by atoms with van der Waals surface area (Å²) in [5.74, 6) is 0. The molecule has 1 aromatic heterocycles. The highest BCUT2D eigenvalue weighted by molar-refractivity contribution is 7.10. The van der Waals surface area contributed by atoms with Crippen LogP contribution >= 0.6 is 11.3 Å². The maximum Gasteiger partial charge on any atom is 0.0797 e. The summed E-state index contributed by atoms with van der Waals surface area (Å²) in [4.78, 5) is 5.28. The van der Waals surface area contributed by atoms with E-state index in [4.69, 9.17) is 5.73 Å². The fraction of sp³-hybridized carbons (Fsp3) is 0.444. The highest BCUT2D eigenvalue weighted by atomic mass is 32.1. The van der Waals surface area contributed by atoms with Crippen LogP contribution in [0.2, 0.25) is 0 Å². The molecule has 0 spiro atoms. The normalized spacial score (nSPS) is 26.8. The Morgan fingerprint density at radius 1 is 1.67 bits per heavy atom. The minimum atomic E-state index is 0.393. The number of hydrogen-bond donors (Lipinski definition) is 1. The van der Waals surface area contributed by atoms with Gasteiger partial charge in [0.25, 0.3) is 0 Å². The van der Waals surface area contributed by atoms with Crippen molar-refractivity contribution in [3.63, 3.8) is 0 Å². The average Bonchev–Trinajstić information content (AvgIpc) is 2.63. The molecular formula is C9H12N2S. The highest BCUT2D eigenvalue weighted by Crippen LogP contribution is 2.26. The largest absolute Gasteiger partial charge is 0.327 e. The third-order valence-corrected chi connectivity index (χ3v) is 2.88. The Labute approximate surface area is 76.1 Å². The Morgan fingerprint density at radius 2 is 2.58 bits per heavy atom. The third-order valence-electron chi connectivity index (χ3n) is 2.16. The zero-order valence-electron chi connectivity index (χ0n) is 6.86. The summed E-state index contributed by atoms with van der Waals surface area (Å²) in [6.45, 7) is 0. The molecule has 2 rings (SSSR count). The molecule has 1 atom stereocenters. The molecule has 1 unspecified atom stereocenters. The first kappa shape index (κ1) is 7.95. The van der Waals surface area contributed by atoms with Gasteiger partial charge in [-0.15, -0.1) is 11.3 Å². The highest BCUT2D eigenvalue weighted by Gasteiger charge is 2.14. The second-order valence-corrected chi connectivity index (χ2v) is 4.13. The number of hydrogen-bond acceptors (Lipinski definition) is 3. The summed E-state index contributed by atoms with van der Waals surface area (Å²) in [5, 5.41) is 0. The summed E-state index contributed by atoms with van der Waals surface area (Å²) in [5.41, 5.74) is 9.14. The van der Waals surface area contributed by atoms with Crippen LogP contribution in [0.5, 0.6) is 0 Å². The van der Waals surface area contributed by atoms with Crippen LogP contribution in [0.4, 0.5) is 0 Å². The van der Waals surface area contributed by atoms with Gasteiger partial charge in [0.2, 0.25) is 0 Å². The summed E-state index contributed by atoms with van der Waals surface area (Å²) in [6.07, 6.45) is 7.51. The number of rotatable bonds is 1. The van der Waals surface area contributed by atoms with E-state index < -0.39 is 0 Å². The smallest absolute Gasteiger partial charge is 0.0797 e. The second-order valence-electron chi connectivity index (χ2n) is 3.21. The van der Waals surface area contributed by atoms with E-state index in [2.05, 4.69) is 11.1 Å². The van der Waals surface area contributed by atoms with Crippen molar-refractivity contribution in [1.82, 2.24) is 4.98 Å². The molecular weight excluding hydrogens is 168 g/mol. The van der Waals surface area contributed by atoms with Crippen molar-refractivity contribution in [3.8, 4) is 0 Å². The lowest BCUT2D eigenvalue weighted by molar-refractivity contribution is 0.711. The topological polar surface area (TPSA) is 38.9 Å². The minimum Gasteiger partial charge on any atom is -0.327 e. The van der Waals surface area contributed by atoms with Crippen LogP contribution in [-0.2, 0) is 0 Å². The molecule has 0 saturated heterocycles. The lowest BCUT2D eigenvalue weighted by Gasteiger charge is -1.95. The SMILES string of the molecule is NC1CCC(=Cc2cncs2)C1. The predicted molar refractivity (Wildman–Crippen MR) is 51.9 cm³/mol. The van der Waals surface area contributed by atoms with Crippen molar-refractivity contribution in [2.75, 3.05) is 0 Å². The first-order valence-corrected chi connectivity index (χ1v) is 5.06. The Balaban J connectivity index is 2.10. The van der Waals surface area contributed by atoms with Crippen LogP contribution < -0.4 is 5.73 Å². The van der Waals surface area contributed by atoms with Crippen LogP contribution in [0.15, 0.2) is 17.3 Å². The molecule has 1 aliphatic carbocycles. The molecule has 1 aliphatic rings. The van der Waals surface area contributed by atoms with Crippen LogP contribution in [0.3, 0.4) is 0 Å². The van der Waals surface area contributed by atoms with Gasteiger partial charge in [-0.3, -0.25) is 4.98 Å². The van der Waals surface area contributed by atoms with Gasteiger partial charge in [-0.1, -0.05) is 5.57 Å². The Kier molecular flexibility index (Phi) is 2.23. The lowest BCUT2D eigenvalue weighted by Crippen LogP contribution is -2.13. The van der Waals surface area contributed by atoms with Crippen molar-refractivity contribution in [3.05, 3.63) is 22.2 Å². The van der Waals surface area contributed by atoms with Crippen LogP contribution in [0.25, 0.3) is 6.08 Å². The maximum absolute atomic E-state index is 5.80. The quantitative estimate of drug-likeness (QED) is 0.718. The fourth-order valence-electron chi connectivity index (χ4n) is 1.54. The number of nitrogens with two attached hydrogens (primary N) is 1. The van der Waals surface area contributed by atoms with Gasteiger partial charge in [-0.05, 0) is 25.3 Å². The van der Waals surface area contributed by atoms with E-state index in [0.717, 1.165) is 12.8 Å². The number of aromatic nitrogens is 1. The monoisotopic (exact) mass is 180 g/mol. The van der Waals surface area contributed by atoms with Crippen LogP contribution in [0.1, 0.15) is 24.1 Å². The van der Waals surface area contributed by atoms with Gasteiger partial charge < -0.3 is 5.73 Å². The molecule has 3 heteroatoms. The second kappa shape index (κ2) is 3.37. The molecule has 1 heterocycles. The van der Waals surface area contributed by atoms with E-state index in [1.807, 2.05) is 11.7 Å². The first-order chi connectivity index (χ1) is 5.84. The number of thiazole rings is 1. The average molecular weight is 180 g/mol. The molecule has 12 heavy (non-hydrogen) atoms. The number of nitrogens with zero attached hydrogens (tertiary/aromatic N) is 1.